The minimum Gasteiger partial charge on any atom is -0.495 e. The molecule has 0 radical (unpaired) electrons. The van der Waals surface area contributed by atoms with E-state index in [2.05, 4.69) is 5.32 Å². The normalized spacial score (nSPS) is 10.4. The Bertz CT molecular complexity index is 622. The molecular formula is C16H16N2O2. The molecule has 0 saturated heterocycles. The molecule has 1 amide bonds. The van der Waals surface area contributed by atoms with Gasteiger partial charge in [-0.25, -0.2) is 0 Å². The Balaban J connectivity index is 2.08. The first-order valence-electron chi connectivity index (χ1n) is 6.16. The van der Waals surface area contributed by atoms with Gasteiger partial charge in [0.2, 0.25) is 5.91 Å². The number of anilines is 2. The standard InChI is InChI=1S/C16H16N2O2/c1-20-15-9-8-13(17)11-14(15)18-16(19)10-7-12-5-3-2-4-6-12/h2-11H,17H2,1H3,(H,18,19)/b10-7+. The van der Waals surface area contributed by atoms with Crippen molar-refractivity contribution in [2.24, 2.45) is 0 Å². The van der Waals surface area contributed by atoms with Crippen molar-refractivity contribution in [3.05, 3.63) is 60.2 Å². The lowest BCUT2D eigenvalue weighted by molar-refractivity contribution is -0.111. The van der Waals surface area contributed by atoms with Crippen molar-refractivity contribution < 1.29 is 9.53 Å². The number of nitrogens with one attached hydrogen (secondary N) is 1. The Hall–Kier alpha value is -2.75. The molecule has 0 aliphatic rings. The van der Waals surface area contributed by atoms with Crippen LogP contribution in [0.5, 0.6) is 5.75 Å². The van der Waals surface area contributed by atoms with Crippen LogP contribution in [-0.2, 0) is 4.79 Å². The van der Waals surface area contributed by atoms with Gasteiger partial charge < -0.3 is 15.8 Å². The van der Waals surface area contributed by atoms with Gasteiger partial charge in [0.1, 0.15) is 5.75 Å². The Morgan fingerprint density at radius 1 is 1.20 bits per heavy atom. The van der Waals surface area contributed by atoms with Gasteiger partial charge in [0.05, 0.1) is 12.8 Å². The van der Waals surface area contributed by atoms with Crippen LogP contribution in [0.1, 0.15) is 5.56 Å². The van der Waals surface area contributed by atoms with Crippen molar-refractivity contribution in [1.29, 1.82) is 0 Å². The van der Waals surface area contributed by atoms with E-state index in [-0.39, 0.29) is 5.91 Å². The van der Waals surface area contributed by atoms with Gasteiger partial charge in [0, 0.05) is 11.8 Å². The van der Waals surface area contributed by atoms with Gasteiger partial charge in [0.25, 0.3) is 0 Å². The molecule has 102 valence electrons. The maximum atomic E-state index is 11.9. The van der Waals surface area contributed by atoms with Crippen LogP contribution in [0.25, 0.3) is 6.08 Å². The summed E-state index contributed by atoms with van der Waals surface area (Å²) in [5, 5.41) is 2.74. The van der Waals surface area contributed by atoms with Crippen molar-refractivity contribution in [2.45, 2.75) is 0 Å². The number of carbonyl (C=O) groups excluding carboxylic acids is 1. The summed E-state index contributed by atoms with van der Waals surface area (Å²) in [5.41, 5.74) is 7.77. The van der Waals surface area contributed by atoms with E-state index in [4.69, 9.17) is 10.5 Å². The van der Waals surface area contributed by atoms with Crippen LogP contribution in [0, 0.1) is 0 Å². The lowest BCUT2D eigenvalue weighted by atomic mass is 10.2. The van der Waals surface area contributed by atoms with Gasteiger partial charge >= 0.3 is 0 Å². The number of nitrogen functional groups attached to an aromatic ring is 1. The number of carbonyl (C=O) groups is 1. The average molecular weight is 268 g/mol. The van der Waals surface area contributed by atoms with E-state index >= 15 is 0 Å². The van der Waals surface area contributed by atoms with E-state index in [9.17, 15) is 4.79 Å². The topological polar surface area (TPSA) is 64.3 Å². The third-order valence-electron chi connectivity index (χ3n) is 2.71. The third-order valence-corrected chi connectivity index (χ3v) is 2.71. The van der Waals surface area contributed by atoms with E-state index in [0.29, 0.717) is 17.1 Å². The second-order valence-corrected chi connectivity index (χ2v) is 4.19. The Kier molecular flexibility index (Phi) is 4.39. The SMILES string of the molecule is COc1ccc(N)cc1NC(=O)/C=C/c1ccccc1. The summed E-state index contributed by atoms with van der Waals surface area (Å²) in [6.07, 6.45) is 3.21. The molecule has 0 fully saturated rings. The molecule has 3 N–H and O–H groups in total. The second kappa shape index (κ2) is 6.43. The number of hydrogen-bond donors (Lipinski definition) is 2. The predicted octanol–water partition coefficient (Wildman–Crippen LogP) is 2.93. The van der Waals surface area contributed by atoms with Gasteiger partial charge in [-0.3, -0.25) is 4.79 Å². The summed E-state index contributed by atoms with van der Waals surface area (Å²) in [6.45, 7) is 0. The Morgan fingerprint density at radius 2 is 1.95 bits per heavy atom. The Morgan fingerprint density at radius 3 is 2.65 bits per heavy atom. The monoisotopic (exact) mass is 268 g/mol. The minimum atomic E-state index is -0.238. The smallest absolute Gasteiger partial charge is 0.248 e. The summed E-state index contributed by atoms with van der Waals surface area (Å²) in [4.78, 5) is 11.9. The largest absolute Gasteiger partial charge is 0.495 e. The van der Waals surface area contributed by atoms with Crippen LogP contribution >= 0.6 is 0 Å². The summed E-state index contributed by atoms with van der Waals surface area (Å²) >= 11 is 0. The lowest BCUT2D eigenvalue weighted by Gasteiger charge is -2.09. The summed E-state index contributed by atoms with van der Waals surface area (Å²) in [7, 11) is 1.54. The molecule has 0 atom stereocenters. The lowest BCUT2D eigenvalue weighted by Crippen LogP contribution is -2.09. The van der Waals surface area contributed by atoms with Crippen molar-refractivity contribution in [3.8, 4) is 5.75 Å². The maximum absolute atomic E-state index is 11.9. The zero-order valence-corrected chi connectivity index (χ0v) is 11.2. The quantitative estimate of drug-likeness (QED) is 0.662. The van der Waals surface area contributed by atoms with E-state index in [1.54, 1.807) is 31.4 Å². The minimum absolute atomic E-state index is 0.238. The van der Waals surface area contributed by atoms with Gasteiger partial charge in [-0.2, -0.15) is 0 Å². The number of hydrogen-bond acceptors (Lipinski definition) is 3. The average Bonchev–Trinajstić information content (AvgIpc) is 2.46. The molecule has 0 aromatic heterocycles. The first-order chi connectivity index (χ1) is 9.69. The van der Waals surface area contributed by atoms with Crippen LogP contribution in [-0.4, -0.2) is 13.0 Å². The molecule has 4 heteroatoms. The van der Waals surface area contributed by atoms with Crippen LogP contribution in [0.3, 0.4) is 0 Å². The molecule has 0 unspecified atom stereocenters. The van der Waals surface area contributed by atoms with Crippen molar-refractivity contribution in [1.82, 2.24) is 0 Å². The molecule has 4 nitrogen and oxygen atoms in total. The molecule has 0 aliphatic heterocycles. The molecule has 2 rings (SSSR count). The molecule has 0 spiro atoms. The second-order valence-electron chi connectivity index (χ2n) is 4.19. The molecule has 20 heavy (non-hydrogen) atoms. The summed E-state index contributed by atoms with van der Waals surface area (Å²) in [5.74, 6) is 0.332. The highest BCUT2D eigenvalue weighted by Crippen LogP contribution is 2.26. The molecular weight excluding hydrogens is 252 g/mol. The van der Waals surface area contributed by atoms with Crippen molar-refractivity contribution in [3.63, 3.8) is 0 Å². The first kappa shape index (κ1) is 13.7. The Labute approximate surface area is 117 Å². The molecule has 2 aromatic carbocycles. The number of benzene rings is 2. The zero-order valence-electron chi connectivity index (χ0n) is 11.2. The fourth-order valence-electron chi connectivity index (χ4n) is 1.73. The number of ether oxygens (including phenoxy) is 1. The molecule has 0 bridgehead atoms. The number of nitrogens with two attached hydrogens (primary N) is 1. The van der Waals surface area contributed by atoms with Crippen LogP contribution in [0.15, 0.2) is 54.6 Å². The highest BCUT2D eigenvalue weighted by atomic mass is 16.5. The molecule has 2 aromatic rings. The summed E-state index contributed by atoms with van der Waals surface area (Å²) < 4.78 is 5.17. The van der Waals surface area contributed by atoms with Crippen molar-refractivity contribution in [2.75, 3.05) is 18.2 Å². The van der Waals surface area contributed by atoms with Crippen LogP contribution < -0.4 is 15.8 Å². The first-order valence-corrected chi connectivity index (χ1v) is 6.16. The van der Waals surface area contributed by atoms with Crippen molar-refractivity contribution >= 4 is 23.4 Å². The van der Waals surface area contributed by atoms with E-state index < -0.39 is 0 Å². The number of methoxy groups -OCH3 is 1. The predicted molar refractivity (Wildman–Crippen MR) is 81.5 cm³/mol. The third kappa shape index (κ3) is 3.62. The van der Waals surface area contributed by atoms with E-state index in [1.807, 2.05) is 30.3 Å². The van der Waals surface area contributed by atoms with Gasteiger partial charge in [-0.15, -0.1) is 0 Å². The molecule has 0 heterocycles. The zero-order chi connectivity index (χ0) is 14.4. The number of rotatable bonds is 4. The van der Waals surface area contributed by atoms with Gasteiger partial charge in [0.15, 0.2) is 0 Å². The van der Waals surface area contributed by atoms with Gasteiger partial charge in [-0.1, -0.05) is 30.3 Å². The highest BCUT2D eigenvalue weighted by Gasteiger charge is 2.05. The van der Waals surface area contributed by atoms with Gasteiger partial charge in [-0.05, 0) is 29.8 Å². The maximum Gasteiger partial charge on any atom is 0.248 e. The molecule has 0 saturated carbocycles. The van der Waals surface area contributed by atoms with Crippen LogP contribution in [0.2, 0.25) is 0 Å². The fourth-order valence-corrected chi connectivity index (χ4v) is 1.73. The van der Waals surface area contributed by atoms with E-state index in [1.165, 1.54) is 6.08 Å². The van der Waals surface area contributed by atoms with E-state index in [0.717, 1.165) is 5.56 Å². The van der Waals surface area contributed by atoms with Crippen LogP contribution in [0.4, 0.5) is 11.4 Å². The summed E-state index contributed by atoms with van der Waals surface area (Å²) in [6, 6.07) is 14.7. The fraction of sp³-hybridized carbons (Fsp3) is 0.0625. The highest BCUT2D eigenvalue weighted by molar-refractivity contribution is 6.03. The molecule has 0 aliphatic carbocycles. The number of amides is 1.